The fourth-order valence-electron chi connectivity index (χ4n) is 2.29. The zero-order valence-electron chi connectivity index (χ0n) is 12.3. The van der Waals surface area contributed by atoms with Gasteiger partial charge in [-0.2, -0.15) is 0 Å². The average molecular weight is 272 g/mol. The Morgan fingerprint density at radius 1 is 0.900 bits per heavy atom. The zero-order valence-corrected chi connectivity index (χ0v) is 12.3. The topological polar surface area (TPSA) is 38.7 Å². The lowest BCUT2D eigenvalue weighted by Crippen LogP contribution is -2.04. The molecule has 2 aromatic carbocycles. The van der Waals surface area contributed by atoms with Crippen molar-refractivity contribution in [2.75, 3.05) is 14.2 Å². The van der Waals surface area contributed by atoms with Crippen LogP contribution in [-0.2, 0) is 0 Å². The Kier molecular flexibility index (Phi) is 4.30. The van der Waals surface area contributed by atoms with Crippen molar-refractivity contribution in [1.29, 1.82) is 0 Å². The molecule has 0 aliphatic heterocycles. The van der Waals surface area contributed by atoms with Gasteiger partial charge in [0.05, 0.1) is 14.2 Å². The van der Waals surface area contributed by atoms with Crippen LogP contribution < -0.4 is 9.47 Å². The van der Waals surface area contributed by atoms with Crippen LogP contribution in [0.2, 0.25) is 0 Å². The molecular weight excluding hydrogens is 252 g/mol. The van der Waals surface area contributed by atoms with Crippen LogP contribution in [0.4, 0.5) is 0 Å². The summed E-state index contributed by atoms with van der Waals surface area (Å²) in [6.45, 7) is 3.96. The van der Waals surface area contributed by atoms with Gasteiger partial charge in [-0.05, 0) is 48.7 Å². The molecule has 0 saturated heterocycles. The SMILES string of the molecule is COc1ccc(C(O)c2ccc(C)cc2OC)c(C)c1. The predicted molar refractivity (Wildman–Crippen MR) is 79.5 cm³/mol. The van der Waals surface area contributed by atoms with Crippen LogP contribution in [0.3, 0.4) is 0 Å². The van der Waals surface area contributed by atoms with Crippen molar-refractivity contribution in [3.63, 3.8) is 0 Å². The van der Waals surface area contributed by atoms with E-state index in [-0.39, 0.29) is 0 Å². The van der Waals surface area contributed by atoms with Crippen LogP contribution in [0.1, 0.15) is 28.4 Å². The minimum Gasteiger partial charge on any atom is -0.497 e. The number of ether oxygens (including phenoxy) is 2. The average Bonchev–Trinajstić information content (AvgIpc) is 2.46. The van der Waals surface area contributed by atoms with Gasteiger partial charge in [0.1, 0.15) is 17.6 Å². The van der Waals surface area contributed by atoms with Crippen LogP contribution in [0.25, 0.3) is 0 Å². The van der Waals surface area contributed by atoms with E-state index >= 15 is 0 Å². The summed E-state index contributed by atoms with van der Waals surface area (Å²) in [6, 6.07) is 11.5. The first-order valence-corrected chi connectivity index (χ1v) is 6.54. The highest BCUT2D eigenvalue weighted by Crippen LogP contribution is 2.33. The van der Waals surface area contributed by atoms with Gasteiger partial charge >= 0.3 is 0 Å². The zero-order chi connectivity index (χ0) is 14.7. The maximum absolute atomic E-state index is 10.6. The Hall–Kier alpha value is -2.00. The van der Waals surface area contributed by atoms with Crippen molar-refractivity contribution in [3.05, 3.63) is 58.7 Å². The molecule has 2 rings (SSSR count). The van der Waals surface area contributed by atoms with Gasteiger partial charge < -0.3 is 14.6 Å². The fraction of sp³-hybridized carbons (Fsp3) is 0.294. The Morgan fingerprint density at radius 2 is 1.60 bits per heavy atom. The summed E-state index contributed by atoms with van der Waals surface area (Å²) in [5, 5.41) is 10.6. The van der Waals surface area contributed by atoms with Crippen molar-refractivity contribution in [1.82, 2.24) is 0 Å². The van der Waals surface area contributed by atoms with Crippen LogP contribution in [-0.4, -0.2) is 19.3 Å². The van der Waals surface area contributed by atoms with Crippen molar-refractivity contribution in [2.45, 2.75) is 20.0 Å². The highest BCUT2D eigenvalue weighted by Gasteiger charge is 2.17. The Morgan fingerprint density at radius 3 is 2.20 bits per heavy atom. The molecule has 0 aliphatic rings. The number of methoxy groups -OCH3 is 2. The molecule has 0 heterocycles. The molecule has 106 valence electrons. The second-order valence-electron chi connectivity index (χ2n) is 4.87. The molecule has 0 bridgehead atoms. The standard InChI is InChI=1S/C17H20O3/c1-11-5-7-15(16(9-11)20-4)17(18)14-8-6-13(19-3)10-12(14)2/h5-10,17-18H,1-4H3. The summed E-state index contributed by atoms with van der Waals surface area (Å²) in [4.78, 5) is 0. The molecule has 3 nitrogen and oxygen atoms in total. The third-order valence-electron chi connectivity index (χ3n) is 3.46. The van der Waals surface area contributed by atoms with Gasteiger partial charge in [-0.15, -0.1) is 0 Å². The van der Waals surface area contributed by atoms with E-state index in [1.54, 1.807) is 14.2 Å². The van der Waals surface area contributed by atoms with Crippen LogP contribution in [0, 0.1) is 13.8 Å². The molecule has 2 aromatic rings. The number of aliphatic hydroxyl groups is 1. The maximum Gasteiger partial charge on any atom is 0.125 e. The monoisotopic (exact) mass is 272 g/mol. The molecule has 0 amide bonds. The number of aryl methyl sites for hydroxylation is 2. The van der Waals surface area contributed by atoms with Crippen molar-refractivity contribution < 1.29 is 14.6 Å². The minimum absolute atomic E-state index is 0.702. The number of rotatable bonds is 4. The number of hydrogen-bond acceptors (Lipinski definition) is 3. The predicted octanol–water partition coefficient (Wildman–Crippen LogP) is 3.40. The Balaban J connectivity index is 2.43. The molecule has 0 aliphatic carbocycles. The van der Waals surface area contributed by atoms with Crippen LogP contribution in [0.15, 0.2) is 36.4 Å². The quantitative estimate of drug-likeness (QED) is 0.927. The first-order valence-electron chi connectivity index (χ1n) is 6.54. The molecule has 1 unspecified atom stereocenters. The van der Waals surface area contributed by atoms with E-state index < -0.39 is 6.10 Å². The summed E-state index contributed by atoms with van der Waals surface area (Å²) >= 11 is 0. The van der Waals surface area contributed by atoms with Gasteiger partial charge in [0, 0.05) is 5.56 Å². The molecule has 1 atom stereocenters. The Labute approximate surface area is 119 Å². The normalized spacial score (nSPS) is 12.1. The van der Waals surface area contributed by atoms with E-state index in [1.165, 1.54) is 0 Å². The number of aliphatic hydroxyl groups excluding tert-OH is 1. The summed E-state index contributed by atoms with van der Waals surface area (Å²) in [6.07, 6.45) is -0.712. The van der Waals surface area contributed by atoms with E-state index in [2.05, 4.69) is 0 Å². The van der Waals surface area contributed by atoms with Gasteiger partial charge in [0.25, 0.3) is 0 Å². The molecule has 0 spiro atoms. The molecule has 3 heteroatoms. The number of hydrogen-bond donors (Lipinski definition) is 1. The third-order valence-corrected chi connectivity index (χ3v) is 3.46. The largest absolute Gasteiger partial charge is 0.497 e. The van der Waals surface area contributed by atoms with Gasteiger partial charge in [-0.25, -0.2) is 0 Å². The first kappa shape index (κ1) is 14.4. The molecule has 0 aromatic heterocycles. The van der Waals surface area contributed by atoms with E-state index in [0.29, 0.717) is 5.75 Å². The fourth-order valence-corrected chi connectivity index (χ4v) is 2.29. The minimum atomic E-state index is -0.712. The van der Waals surface area contributed by atoms with Gasteiger partial charge in [0.15, 0.2) is 0 Å². The summed E-state index contributed by atoms with van der Waals surface area (Å²) in [5.41, 5.74) is 3.71. The summed E-state index contributed by atoms with van der Waals surface area (Å²) in [5.74, 6) is 1.49. The highest BCUT2D eigenvalue weighted by molar-refractivity contribution is 5.46. The molecule has 20 heavy (non-hydrogen) atoms. The van der Waals surface area contributed by atoms with E-state index in [0.717, 1.165) is 28.0 Å². The second kappa shape index (κ2) is 5.97. The lowest BCUT2D eigenvalue weighted by atomic mass is 9.96. The van der Waals surface area contributed by atoms with Gasteiger partial charge in [0.2, 0.25) is 0 Å². The third kappa shape index (κ3) is 2.78. The lowest BCUT2D eigenvalue weighted by Gasteiger charge is -2.18. The molecule has 1 N–H and O–H groups in total. The van der Waals surface area contributed by atoms with Crippen LogP contribution >= 0.6 is 0 Å². The first-order chi connectivity index (χ1) is 9.56. The smallest absolute Gasteiger partial charge is 0.125 e. The van der Waals surface area contributed by atoms with Gasteiger partial charge in [-0.3, -0.25) is 0 Å². The molecular formula is C17H20O3. The highest BCUT2D eigenvalue weighted by atomic mass is 16.5. The van der Waals surface area contributed by atoms with Crippen LogP contribution in [0.5, 0.6) is 11.5 Å². The van der Waals surface area contributed by atoms with E-state index in [4.69, 9.17) is 9.47 Å². The summed E-state index contributed by atoms with van der Waals surface area (Å²) < 4.78 is 10.6. The molecule has 0 radical (unpaired) electrons. The van der Waals surface area contributed by atoms with Gasteiger partial charge in [-0.1, -0.05) is 18.2 Å². The van der Waals surface area contributed by atoms with Crippen molar-refractivity contribution in [2.24, 2.45) is 0 Å². The van der Waals surface area contributed by atoms with Crippen molar-refractivity contribution >= 4 is 0 Å². The van der Waals surface area contributed by atoms with E-state index in [1.807, 2.05) is 50.2 Å². The lowest BCUT2D eigenvalue weighted by molar-refractivity contribution is 0.214. The summed E-state index contributed by atoms with van der Waals surface area (Å²) in [7, 11) is 3.25. The second-order valence-corrected chi connectivity index (χ2v) is 4.87. The van der Waals surface area contributed by atoms with Crippen molar-refractivity contribution in [3.8, 4) is 11.5 Å². The molecule has 0 saturated carbocycles. The molecule has 0 fully saturated rings. The van der Waals surface area contributed by atoms with E-state index in [9.17, 15) is 5.11 Å². The maximum atomic E-state index is 10.6. The number of benzene rings is 2. The Bertz CT molecular complexity index is 605.